The van der Waals surface area contributed by atoms with Crippen LogP contribution >= 0.6 is 23.8 Å². The standard InChI is InChI=1S/C18H21ClN4O3S2/c1-2-23(21-18(20)27)17(24)16(12-13-6-4-3-5-7-13)22-28(25,26)15-10-8-14(19)9-11-15/h3-11,16,22H,2,12H2,1H3,(H3,20,21,27). The van der Waals surface area contributed by atoms with Crippen LogP contribution in [0.15, 0.2) is 59.5 Å². The SMILES string of the molecule is CCN(NC(N)=S)C(=O)C(Cc1ccccc1)NS(=O)(=O)c1ccc(Cl)cc1. The molecule has 2 aromatic carbocycles. The van der Waals surface area contributed by atoms with Gasteiger partial charge in [0.15, 0.2) is 5.11 Å². The minimum atomic E-state index is -3.96. The number of hydrogen-bond donors (Lipinski definition) is 3. The highest BCUT2D eigenvalue weighted by atomic mass is 35.5. The van der Waals surface area contributed by atoms with Crippen LogP contribution in [0.1, 0.15) is 12.5 Å². The second-order valence-electron chi connectivity index (χ2n) is 5.88. The molecule has 0 fully saturated rings. The second kappa shape index (κ2) is 9.83. The van der Waals surface area contributed by atoms with Gasteiger partial charge in [0.2, 0.25) is 10.0 Å². The number of nitrogens with two attached hydrogens (primary N) is 1. The molecule has 0 aliphatic rings. The maximum atomic E-state index is 13.0. The Hall–Kier alpha value is -2.20. The fourth-order valence-corrected chi connectivity index (χ4v) is 3.93. The zero-order valence-electron chi connectivity index (χ0n) is 15.1. The Balaban J connectivity index is 2.32. The van der Waals surface area contributed by atoms with Gasteiger partial charge in [0, 0.05) is 11.6 Å². The van der Waals surface area contributed by atoms with Crippen molar-refractivity contribution in [3.8, 4) is 0 Å². The van der Waals surface area contributed by atoms with E-state index in [1.54, 1.807) is 6.92 Å². The predicted octanol–water partition coefficient (Wildman–Crippen LogP) is 1.83. The first-order valence-corrected chi connectivity index (χ1v) is 10.7. The molecule has 150 valence electrons. The topological polar surface area (TPSA) is 105 Å². The largest absolute Gasteiger partial charge is 0.375 e. The van der Waals surface area contributed by atoms with E-state index in [1.807, 2.05) is 30.3 Å². The second-order valence-corrected chi connectivity index (χ2v) is 8.47. The van der Waals surface area contributed by atoms with Crippen molar-refractivity contribution in [2.45, 2.75) is 24.3 Å². The van der Waals surface area contributed by atoms with E-state index in [0.29, 0.717) is 5.02 Å². The Morgan fingerprint density at radius 3 is 2.32 bits per heavy atom. The van der Waals surface area contributed by atoms with Crippen molar-refractivity contribution in [2.24, 2.45) is 5.73 Å². The van der Waals surface area contributed by atoms with E-state index in [9.17, 15) is 13.2 Å². The van der Waals surface area contributed by atoms with Gasteiger partial charge in [0.1, 0.15) is 6.04 Å². The van der Waals surface area contributed by atoms with Crippen molar-refractivity contribution < 1.29 is 13.2 Å². The van der Waals surface area contributed by atoms with Crippen LogP contribution in [-0.4, -0.2) is 37.0 Å². The number of nitrogens with zero attached hydrogens (tertiary/aromatic N) is 1. The van der Waals surface area contributed by atoms with Gasteiger partial charge in [-0.2, -0.15) is 4.72 Å². The molecule has 0 bridgehead atoms. The molecular formula is C18H21ClN4O3S2. The summed E-state index contributed by atoms with van der Waals surface area (Å²) in [5.41, 5.74) is 8.83. The molecular weight excluding hydrogens is 420 g/mol. The van der Waals surface area contributed by atoms with Crippen LogP contribution in [0, 0.1) is 0 Å². The quantitative estimate of drug-likeness (QED) is 0.448. The van der Waals surface area contributed by atoms with Gasteiger partial charge in [-0.3, -0.25) is 15.2 Å². The van der Waals surface area contributed by atoms with Crippen molar-refractivity contribution in [3.05, 3.63) is 65.2 Å². The number of likely N-dealkylation sites (N-methyl/N-ethyl adjacent to an activating group) is 1. The van der Waals surface area contributed by atoms with Gasteiger partial charge in [0.05, 0.1) is 4.90 Å². The van der Waals surface area contributed by atoms with Gasteiger partial charge in [-0.05, 0) is 55.4 Å². The summed E-state index contributed by atoms with van der Waals surface area (Å²) in [6, 6.07) is 13.7. The summed E-state index contributed by atoms with van der Waals surface area (Å²) in [7, 11) is -3.96. The fraction of sp³-hybridized carbons (Fsp3) is 0.222. The Labute approximate surface area is 174 Å². The Morgan fingerprint density at radius 2 is 1.79 bits per heavy atom. The lowest BCUT2D eigenvalue weighted by Gasteiger charge is -2.27. The van der Waals surface area contributed by atoms with Gasteiger partial charge < -0.3 is 5.73 Å². The third-order valence-electron chi connectivity index (χ3n) is 3.83. The lowest BCUT2D eigenvalue weighted by atomic mass is 10.1. The number of nitrogens with one attached hydrogen (secondary N) is 2. The maximum Gasteiger partial charge on any atom is 0.259 e. The Bertz CT molecular complexity index is 922. The minimum absolute atomic E-state index is 0.00751. The molecule has 2 aromatic rings. The van der Waals surface area contributed by atoms with Crippen LogP contribution < -0.4 is 15.9 Å². The fourth-order valence-electron chi connectivity index (χ4n) is 2.51. The monoisotopic (exact) mass is 440 g/mol. The highest BCUT2D eigenvalue weighted by Gasteiger charge is 2.29. The van der Waals surface area contributed by atoms with E-state index < -0.39 is 22.0 Å². The normalized spacial score (nSPS) is 12.2. The van der Waals surface area contributed by atoms with Crippen LogP contribution in [0.4, 0.5) is 0 Å². The molecule has 0 radical (unpaired) electrons. The molecule has 1 unspecified atom stereocenters. The zero-order chi connectivity index (χ0) is 20.7. The lowest BCUT2D eigenvalue weighted by Crippen LogP contribution is -2.56. The Morgan fingerprint density at radius 1 is 1.18 bits per heavy atom. The van der Waals surface area contributed by atoms with Gasteiger partial charge in [-0.1, -0.05) is 41.9 Å². The van der Waals surface area contributed by atoms with Crippen molar-refractivity contribution in [2.75, 3.05) is 6.54 Å². The molecule has 1 amide bonds. The third kappa shape index (κ3) is 6.16. The number of thiocarbonyl (C=S) groups is 1. The van der Waals surface area contributed by atoms with Gasteiger partial charge in [0.25, 0.3) is 5.91 Å². The molecule has 4 N–H and O–H groups in total. The average molecular weight is 441 g/mol. The molecule has 1 atom stereocenters. The summed E-state index contributed by atoms with van der Waals surface area (Å²) >= 11 is 10.6. The van der Waals surface area contributed by atoms with E-state index in [0.717, 1.165) is 5.56 Å². The number of benzene rings is 2. The van der Waals surface area contributed by atoms with E-state index in [-0.39, 0.29) is 23.0 Å². The summed E-state index contributed by atoms with van der Waals surface area (Å²) in [5, 5.41) is 1.50. The van der Waals surface area contributed by atoms with Crippen molar-refractivity contribution in [1.29, 1.82) is 0 Å². The number of halogens is 1. The predicted molar refractivity (Wildman–Crippen MR) is 113 cm³/mol. The maximum absolute atomic E-state index is 13.0. The first-order valence-electron chi connectivity index (χ1n) is 8.42. The van der Waals surface area contributed by atoms with Crippen LogP contribution in [0.25, 0.3) is 0 Å². The van der Waals surface area contributed by atoms with Crippen LogP contribution in [0.5, 0.6) is 0 Å². The van der Waals surface area contributed by atoms with E-state index in [2.05, 4.69) is 10.1 Å². The van der Waals surface area contributed by atoms with E-state index in [1.165, 1.54) is 29.3 Å². The number of amides is 1. The summed E-state index contributed by atoms with van der Waals surface area (Å²) in [4.78, 5) is 13.0. The molecule has 28 heavy (non-hydrogen) atoms. The smallest absolute Gasteiger partial charge is 0.259 e. The van der Waals surface area contributed by atoms with Gasteiger partial charge >= 0.3 is 0 Å². The minimum Gasteiger partial charge on any atom is -0.375 e. The molecule has 0 aliphatic heterocycles. The molecule has 0 saturated carbocycles. The molecule has 7 nitrogen and oxygen atoms in total. The van der Waals surface area contributed by atoms with E-state index >= 15 is 0 Å². The zero-order valence-corrected chi connectivity index (χ0v) is 17.5. The Kier molecular flexibility index (Phi) is 7.76. The molecule has 0 aromatic heterocycles. The number of hydrazine groups is 1. The summed E-state index contributed by atoms with van der Waals surface area (Å²) < 4.78 is 28.1. The molecule has 0 aliphatic carbocycles. The molecule has 0 heterocycles. The summed E-state index contributed by atoms with van der Waals surface area (Å²) in [6.45, 7) is 1.96. The first-order chi connectivity index (χ1) is 13.2. The molecule has 0 spiro atoms. The lowest BCUT2D eigenvalue weighted by molar-refractivity contribution is -0.134. The van der Waals surface area contributed by atoms with Crippen molar-refractivity contribution >= 4 is 44.9 Å². The summed E-state index contributed by atoms with van der Waals surface area (Å²) in [6.07, 6.45) is 0.155. The van der Waals surface area contributed by atoms with Crippen LogP contribution in [0.2, 0.25) is 5.02 Å². The van der Waals surface area contributed by atoms with Gasteiger partial charge in [-0.25, -0.2) is 8.42 Å². The first kappa shape index (κ1) is 22.1. The number of carbonyl (C=O) groups is 1. The van der Waals surface area contributed by atoms with Crippen molar-refractivity contribution in [3.63, 3.8) is 0 Å². The average Bonchev–Trinajstić information content (AvgIpc) is 2.66. The third-order valence-corrected chi connectivity index (χ3v) is 5.66. The highest BCUT2D eigenvalue weighted by Crippen LogP contribution is 2.15. The number of hydrogen-bond acceptors (Lipinski definition) is 4. The molecule has 0 saturated heterocycles. The van der Waals surface area contributed by atoms with E-state index in [4.69, 9.17) is 29.6 Å². The molecule has 2 rings (SSSR count). The van der Waals surface area contributed by atoms with Crippen LogP contribution in [-0.2, 0) is 21.2 Å². The molecule has 10 heteroatoms. The number of carbonyl (C=O) groups excluding carboxylic acids is 1. The number of rotatable bonds is 7. The van der Waals surface area contributed by atoms with Crippen molar-refractivity contribution in [1.82, 2.24) is 15.2 Å². The highest BCUT2D eigenvalue weighted by molar-refractivity contribution is 7.89. The summed E-state index contributed by atoms with van der Waals surface area (Å²) in [5.74, 6) is -0.503. The number of sulfonamides is 1. The van der Waals surface area contributed by atoms with Crippen LogP contribution in [0.3, 0.4) is 0 Å². The van der Waals surface area contributed by atoms with Gasteiger partial charge in [-0.15, -0.1) is 0 Å².